The van der Waals surface area contributed by atoms with E-state index < -0.39 is 0 Å². The first-order valence-electron chi connectivity index (χ1n) is 6.24. The number of carbonyl (C=O) groups excluding carboxylic acids is 1. The van der Waals surface area contributed by atoms with Crippen molar-refractivity contribution in [1.82, 2.24) is 0 Å². The van der Waals surface area contributed by atoms with Gasteiger partial charge in [-0.25, -0.2) is 0 Å². The quantitative estimate of drug-likeness (QED) is 0.810. The van der Waals surface area contributed by atoms with Gasteiger partial charge in [-0.3, -0.25) is 4.79 Å². The molecule has 0 radical (unpaired) electrons. The van der Waals surface area contributed by atoms with E-state index >= 15 is 0 Å². The van der Waals surface area contributed by atoms with Crippen LogP contribution in [0.25, 0.3) is 0 Å². The van der Waals surface area contributed by atoms with Gasteiger partial charge in [-0.05, 0) is 48.1 Å². The number of ketones is 1. The Kier molecular flexibility index (Phi) is 4.49. The van der Waals surface area contributed by atoms with Crippen LogP contribution in [0.5, 0.6) is 0 Å². The Labute approximate surface area is 107 Å². The zero-order valence-electron chi connectivity index (χ0n) is 10.2. The van der Waals surface area contributed by atoms with Gasteiger partial charge in [0.2, 0.25) is 0 Å². The fourth-order valence-electron chi connectivity index (χ4n) is 1.98. The standard InChI is InChI=1S/C14H19NOS/c1-2-14(16)12-3-5-13(6-4-12)15-9-11-7-8-17-10-11/h3-6,11,15H,2,7-10H2,1H3. The van der Waals surface area contributed by atoms with E-state index in [2.05, 4.69) is 5.32 Å². The van der Waals surface area contributed by atoms with Crippen LogP contribution in [0, 0.1) is 5.92 Å². The maximum Gasteiger partial charge on any atom is 0.162 e. The lowest BCUT2D eigenvalue weighted by Crippen LogP contribution is -2.13. The third-order valence-electron chi connectivity index (χ3n) is 3.15. The minimum Gasteiger partial charge on any atom is -0.385 e. The van der Waals surface area contributed by atoms with Gasteiger partial charge in [0.15, 0.2) is 5.78 Å². The normalized spacial score (nSPS) is 19.2. The fourth-order valence-corrected chi connectivity index (χ4v) is 3.27. The van der Waals surface area contributed by atoms with Crippen LogP contribution in [0.1, 0.15) is 30.1 Å². The molecule has 1 fully saturated rings. The van der Waals surface area contributed by atoms with E-state index in [1.54, 1.807) is 0 Å². The van der Waals surface area contributed by atoms with E-state index in [4.69, 9.17) is 0 Å². The highest BCUT2D eigenvalue weighted by Gasteiger charge is 2.14. The fraction of sp³-hybridized carbons (Fsp3) is 0.500. The summed E-state index contributed by atoms with van der Waals surface area (Å²) < 4.78 is 0. The Morgan fingerprint density at radius 2 is 2.18 bits per heavy atom. The predicted octanol–water partition coefficient (Wildman–Crippen LogP) is 3.44. The third-order valence-corrected chi connectivity index (χ3v) is 4.38. The lowest BCUT2D eigenvalue weighted by atomic mass is 10.1. The molecule has 2 nitrogen and oxygen atoms in total. The molecule has 1 saturated heterocycles. The number of Topliss-reactive ketones (excluding diaryl/α,β-unsaturated/α-hetero) is 1. The molecule has 1 aromatic rings. The van der Waals surface area contributed by atoms with Gasteiger partial charge in [0.25, 0.3) is 0 Å². The second-order valence-corrected chi connectivity index (χ2v) is 5.61. The van der Waals surface area contributed by atoms with E-state index in [1.165, 1.54) is 17.9 Å². The molecule has 0 bridgehead atoms. The molecular weight excluding hydrogens is 230 g/mol. The molecule has 0 amide bonds. The second-order valence-electron chi connectivity index (χ2n) is 4.46. The smallest absolute Gasteiger partial charge is 0.162 e. The Morgan fingerprint density at radius 3 is 2.76 bits per heavy atom. The highest BCUT2D eigenvalue weighted by molar-refractivity contribution is 7.99. The Bertz CT molecular complexity index is 368. The minimum absolute atomic E-state index is 0.212. The van der Waals surface area contributed by atoms with Crippen LogP contribution < -0.4 is 5.32 Å². The van der Waals surface area contributed by atoms with Crippen LogP contribution in [-0.2, 0) is 0 Å². The zero-order chi connectivity index (χ0) is 12.1. The summed E-state index contributed by atoms with van der Waals surface area (Å²) in [6.07, 6.45) is 1.90. The van der Waals surface area contributed by atoms with Crippen molar-refractivity contribution < 1.29 is 4.79 Å². The first-order chi connectivity index (χ1) is 8.29. The number of rotatable bonds is 5. The molecule has 17 heavy (non-hydrogen) atoms. The van der Waals surface area contributed by atoms with E-state index in [9.17, 15) is 4.79 Å². The summed E-state index contributed by atoms with van der Waals surface area (Å²) in [6, 6.07) is 7.84. The maximum absolute atomic E-state index is 11.5. The van der Waals surface area contributed by atoms with Gasteiger partial charge in [0.05, 0.1) is 0 Å². The van der Waals surface area contributed by atoms with Crippen LogP contribution in [0.2, 0.25) is 0 Å². The average molecular weight is 249 g/mol. The van der Waals surface area contributed by atoms with Gasteiger partial charge < -0.3 is 5.32 Å². The molecule has 0 aromatic heterocycles. The van der Waals surface area contributed by atoms with Crippen molar-refractivity contribution in [3.05, 3.63) is 29.8 Å². The molecule has 1 aliphatic heterocycles. The van der Waals surface area contributed by atoms with Gasteiger partial charge in [-0.2, -0.15) is 11.8 Å². The molecule has 92 valence electrons. The number of hydrogen-bond donors (Lipinski definition) is 1. The zero-order valence-corrected chi connectivity index (χ0v) is 11.1. The van der Waals surface area contributed by atoms with Gasteiger partial charge in [0, 0.05) is 24.2 Å². The molecule has 1 aliphatic rings. The van der Waals surface area contributed by atoms with Crippen LogP contribution >= 0.6 is 11.8 Å². The summed E-state index contributed by atoms with van der Waals surface area (Å²) in [5.41, 5.74) is 1.93. The number of thioether (sulfide) groups is 1. The molecule has 3 heteroatoms. The van der Waals surface area contributed by atoms with E-state index in [1.807, 2.05) is 43.0 Å². The third kappa shape index (κ3) is 3.50. The largest absolute Gasteiger partial charge is 0.385 e. The van der Waals surface area contributed by atoms with Crippen molar-refractivity contribution in [1.29, 1.82) is 0 Å². The molecule has 2 rings (SSSR count). The molecular formula is C14H19NOS. The SMILES string of the molecule is CCC(=O)c1ccc(NCC2CCSC2)cc1. The Balaban J connectivity index is 1.87. The van der Waals surface area contributed by atoms with E-state index in [0.29, 0.717) is 6.42 Å². The van der Waals surface area contributed by atoms with Crippen molar-refractivity contribution in [2.75, 3.05) is 23.4 Å². The molecule has 1 N–H and O–H groups in total. The summed E-state index contributed by atoms with van der Waals surface area (Å²) in [5.74, 6) is 3.59. The topological polar surface area (TPSA) is 29.1 Å². The van der Waals surface area contributed by atoms with Gasteiger partial charge in [-0.1, -0.05) is 6.92 Å². The summed E-state index contributed by atoms with van der Waals surface area (Å²) in [7, 11) is 0. The van der Waals surface area contributed by atoms with Crippen molar-refractivity contribution in [3.63, 3.8) is 0 Å². The molecule has 1 unspecified atom stereocenters. The number of benzene rings is 1. The Hall–Kier alpha value is -0.960. The first kappa shape index (κ1) is 12.5. The molecule has 1 atom stereocenters. The lowest BCUT2D eigenvalue weighted by molar-refractivity contribution is 0.0988. The number of carbonyl (C=O) groups is 1. The summed E-state index contributed by atoms with van der Waals surface area (Å²) >= 11 is 2.04. The molecule has 0 saturated carbocycles. The maximum atomic E-state index is 11.5. The van der Waals surface area contributed by atoms with Crippen LogP contribution in [0.4, 0.5) is 5.69 Å². The van der Waals surface area contributed by atoms with Crippen molar-refractivity contribution in [2.24, 2.45) is 5.92 Å². The molecule has 1 aromatic carbocycles. The highest BCUT2D eigenvalue weighted by atomic mass is 32.2. The highest BCUT2D eigenvalue weighted by Crippen LogP contribution is 2.23. The van der Waals surface area contributed by atoms with Crippen molar-refractivity contribution in [3.8, 4) is 0 Å². The number of anilines is 1. The van der Waals surface area contributed by atoms with Crippen molar-refractivity contribution >= 4 is 23.2 Å². The van der Waals surface area contributed by atoms with Gasteiger partial charge in [0.1, 0.15) is 0 Å². The second kappa shape index (κ2) is 6.10. The van der Waals surface area contributed by atoms with Crippen LogP contribution in [0.15, 0.2) is 24.3 Å². The summed E-state index contributed by atoms with van der Waals surface area (Å²) in [6.45, 7) is 2.94. The molecule has 1 heterocycles. The molecule has 0 spiro atoms. The van der Waals surface area contributed by atoms with E-state index in [-0.39, 0.29) is 5.78 Å². The first-order valence-corrected chi connectivity index (χ1v) is 7.40. The number of hydrogen-bond acceptors (Lipinski definition) is 3. The lowest BCUT2D eigenvalue weighted by Gasteiger charge is -2.11. The van der Waals surface area contributed by atoms with Gasteiger partial charge >= 0.3 is 0 Å². The number of nitrogens with one attached hydrogen (secondary N) is 1. The van der Waals surface area contributed by atoms with Crippen LogP contribution in [0.3, 0.4) is 0 Å². The van der Waals surface area contributed by atoms with Crippen LogP contribution in [-0.4, -0.2) is 23.8 Å². The molecule has 0 aliphatic carbocycles. The minimum atomic E-state index is 0.212. The Morgan fingerprint density at radius 1 is 1.41 bits per heavy atom. The van der Waals surface area contributed by atoms with Crippen molar-refractivity contribution in [2.45, 2.75) is 19.8 Å². The average Bonchev–Trinajstić information content (AvgIpc) is 2.89. The van der Waals surface area contributed by atoms with E-state index in [0.717, 1.165) is 23.7 Å². The predicted molar refractivity (Wildman–Crippen MR) is 75.0 cm³/mol. The summed E-state index contributed by atoms with van der Waals surface area (Å²) in [5, 5.41) is 3.45. The monoisotopic (exact) mass is 249 g/mol. The van der Waals surface area contributed by atoms with Gasteiger partial charge in [-0.15, -0.1) is 0 Å². The summed E-state index contributed by atoms with van der Waals surface area (Å²) in [4.78, 5) is 11.5.